The molecule has 58 valence electrons. The minimum Gasteiger partial charge on any atom is -0.424 e. The van der Waals surface area contributed by atoms with E-state index >= 15 is 0 Å². The number of hydrogen-bond acceptors (Lipinski definition) is 4. The first-order valence-electron chi connectivity index (χ1n) is 3.39. The topological polar surface area (TPSA) is 61.9 Å². The van der Waals surface area contributed by atoms with Crippen LogP contribution in [0, 0.1) is 18.3 Å². The first kappa shape index (κ1) is 7.61. The third-order valence-corrected chi connectivity index (χ3v) is 1.18. The Morgan fingerprint density at radius 1 is 1.73 bits per heavy atom. The Hall–Kier alpha value is -1.50. The Morgan fingerprint density at radius 3 is 3.00 bits per heavy atom. The maximum Gasteiger partial charge on any atom is 0.232 e. The summed E-state index contributed by atoms with van der Waals surface area (Å²) in [6.45, 7) is 4.37. The fraction of sp³-hybridized carbons (Fsp3) is 0.429. The van der Waals surface area contributed by atoms with Crippen LogP contribution in [0.25, 0.3) is 0 Å². The molecule has 1 N–H and O–H groups in total. The van der Waals surface area contributed by atoms with Gasteiger partial charge in [0.2, 0.25) is 11.6 Å². The Morgan fingerprint density at radius 2 is 2.45 bits per heavy atom. The number of nitrogens with zero attached hydrogens (tertiary/aromatic N) is 2. The summed E-state index contributed by atoms with van der Waals surface area (Å²) in [5, 5.41) is 11.4. The van der Waals surface area contributed by atoms with Gasteiger partial charge in [0.05, 0.1) is 0 Å². The van der Waals surface area contributed by atoms with Gasteiger partial charge in [-0.05, 0) is 6.92 Å². The molecule has 0 unspecified atom stereocenters. The summed E-state index contributed by atoms with van der Waals surface area (Å²) in [6, 6.07) is 1.93. The standard InChI is InChI=1S/C7H9N3O/c1-3-9-7-6(4-8)10-5(2)11-7/h9H,3H2,1-2H3. The molecule has 0 radical (unpaired) electrons. The van der Waals surface area contributed by atoms with Crippen molar-refractivity contribution in [2.24, 2.45) is 0 Å². The Balaban J connectivity index is 2.95. The van der Waals surface area contributed by atoms with Crippen LogP contribution in [0.2, 0.25) is 0 Å². The highest BCUT2D eigenvalue weighted by Crippen LogP contribution is 2.14. The van der Waals surface area contributed by atoms with E-state index in [1.165, 1.54) is 0 Å². The van der Waals surface area contributed by atoms with Crippen molar-refractivity contribution in [3.8, 4) is 6.07 Å². The molecule has 1 heterocycles. The molecular formula is C7H9N3O. The van der Waals surface area contributed by atoms with Gasteiger partial charge in [0.1, 0.15) is 6.07 Å². The maximum absolute atomic E-state index is 8.55. The second-order valence-electron chi connectivity index (χ2n) is 2.05. The highest BCUT2D eigenvalue weighted by atomic mass is 16.4. The minimum absolute atomic E-state index is 0.323. The fourth-order valence-electron chi connectivity index (χ4n) is 0.783. The van der Waals surface area contributed by atoms with Crippen molar-refractivity contribution in [3.63, 3.8) is 0 Å². The second kappa shape index (κ2) is 3.06. The van der Waals surface area contributed by atoms with Gasteiger partial charge in [-0.2, -0.15) is 5.26 Å². The summed E-state index contributed by atoms with van der Waals surface area (Å²) in [5.41, 5.74) is 0.323. The van der Waals surface area contributed by atoms with Crippen molar-refractivity contribution in [1.82, 2.24) is 4.98 Å². The zero-order valence-electron chi connectivity index (χ0n) is 6.51. The summed E-state index contributed by atoms with van der Waals surface area (Å²) in [6.07, 6.45) is 0. The third-order valence-electron chi connectivity index (χ3n) is 1.18. The van der Waals surface area contributed by atoms with Crippen LogP contribution < -0.4 is 5.32 Å². The van der Waals surface area contributed by atoms with Crippen molar-refractivity contribution < 1.29 is 4.42 Å². The summed E-state index contributed by atoms with van der Waals surface area (Å²) < 4.78 is 5.10. The van der Waals surface area contributed by atoms with E-state index in [9.17, 15) is 0 Å². The van der Waals surface area contributed by atoms with E-state index in [-0.39, 0.29) is 0 Å². The molecule has 11 heavy (non-hydrogen) atoms. The van der Waals surface area contributed by atoms with Crippen LogP contribution in [-0.4, -0.2) is 11.5 Å². The molecule has 0 amide bonds. The molecule has 0 saturated carbocycles. The van der Waals surface area contributed by atoms with Gasteiger partial charge in [-0.25, -0.2) is 4.98 Å². The highest BCUT2D eigenvalue weighted by molar-refractivity contribution is 5.44. The first-order chi connectivity index (χ1) is 5.27. The smallest absolute Gasteiger partial charge is 0.232 e. The minimum atomic E-state index is 0.323. The van der Waals surface area contributed by atoms with E-state index in [0.29, 0.717) is 17.5 Å². The summed E-state index contributed by atoms with van der Waals surface area (Å²) >= 11 is 0. The molecule has 0 aliphatic rings. The molecule has 0 atom stereocenters. The van der Waals surface area contributed by atoms with Crippen LogP contribution in [0.4, 0.5) is 5.88 Å². The molecule has 0 aliphatic heterocycles. The quantitative estimate of drug-likeness (QED) is 0.691. The summed E-state index contributed by atoms with van der Waals surface area (Å²) in [5.74, 6) is 0.977. The number of hydrogen-bond donors (Lipinski definition) is 1. The van der Waals surface area contributed by atoms with E-state index < -0.39 is 0 Å². The normalized spacial score (nSPS) is 9.18. The molecule has 0 aromatic carbocycles. The van der Waals surface area contributed by atoms with E-state index in [0.717, 1.165) is 6.54 Å². The van der Waals surface area contributed by atoms with E-state index in [1.807, 2.05) is 13.0 Å². The summed E-state index contributed by atoms with van der Waals surface area (Å²) in [4.78, 5) is 3.86. The van der Waals surface area contributed by atoms with Gasteiger partial charge in [0, 0.05) is 13.5 Å². The molecular weight excluding hydrogens is 142 g/mol. The Bertz CT molecular complexity index is 284. The second-order valence-corrected chi connectivity index (χ2v) is 2.05. The van der Waals surface area contributed by atoms with Crippen molar-refractivity contribution in [3.05, 3.63) is 11.6 Å². The van der Waals surface area contributed by atoms with Crippen LogP contribution in [-0.2, 0) is 0 Å². The molecule has 1 aromatic heterocycles. The van der Waals surface area contributed by atoms with E-state index in [4.69, 9.17) is 9.68 Å². The van der Waals surface area contributed by atoms with Gasteiger partial charge in [0.25, 0.3) is 0 Å². The van der Waals surface area contributed by atoms with Gasteiger partial charge >= 0.3 is 0 Å². The van der Waals surface area contributed by atoms with Gasteiger partial charge in [0.15, 0.2) is 5.89 Å². The highest BCUT2D eigenvalue weighted by Gasteiger charge is 2.07. The first-order valence-corrected chi connectivity index (χ1v) is 3.39. The largest absolute Gasteiger partial charge is 0.424 e. The Kier molecular flexibility index (Phi) is 2.12. The molecule has 4 heteroatoms. The number of aromatic nitrogens is 1. The summed E-state index contributed by atoms with van der Waals surface area (Å²) in [7, 11) is 0. The molecule has 4 nitrogen and oxygen atoms in total. The SMILES string of the molecule is CCNc1oc(C)nc1C#N. The molecule has 0 spiro atoms. The molecule has 1 aromatic rings. The zero-order valence-corrected chi connectivity index (χ0v) is 6.51. The number of aryl methyl sites for hydroxylation is 1. The average molecular weight is 151 g/mol. The molecule has 1 rings (SSSR count). The van der Waals surface area contributed by atoms with Crippen LogP contribution in [0.1, 0.15) is 18.5 Å². The average Bonchev–Trinajstić information content (AvgIpc) is 2.32. The molecule has 0 saturated heterocycles. The predicted octanol–water partition coefficient (Wildman–Crippen LogP) is 1.29. The van der Waals surface area contributed by atoms with Gasteiger partial charge < -0.3 is 9.73 Å². The van der Waals surface area contributed by atoms with Crippen LogP contribution in [0.3, 0.4) is 0 Å². The van der Waals surface area contributed by atoms with Crippen LogP contribution in [0.15, 0.2) is 4.42 Å². The van der Waals surface area contributed by atoms with Crippen molar-refractivity contribution in [1.29, 1.82) is 5.26 Å². The predicted molar refractivity (Wildman–Crippen MR) is 40.1 cm³/mol. The van der Waals surface area contributed by atoms with Crippen molar-refractivity contribution in [2.45, 2.75) is 13.8 Å². The van der Waals surface area contributed by atoms with Crippen LogP contribution in [0.5, 0.6) is 0 Å². The number of oxazole rings is 1. The molecule has 0 aliphatic carbocycles. The van der Waals surface area contributed by atoms with Crippen molar-refractivity contribution in [2.75, 3.05) is 11.9 Å². The van der Waals surface area contributed by atoms with Gasteiger partial charge in [-0.3, -0.25) is 0 Å². The fourth-order valence-corrected chi connectivity index (χ4v) is 0.783. The lowest BCUT2D eigenvalue weighted by molar-refractivity contribution is 0.533. The number of nitrogens with one attached hydrogen (secondary N) is 1. The Labute approximate surface area is 64.8 Å². The van der Waals surface area contributed by atoms with Gasteiger partial charge in [-0.15, -0.1) is 0 Å². The van der Waals surface area contributed by atoms with E-state index in [1.54, 1.807) is 6.92 Å². The van der Waals surface area contributed by atoms with Crippen molar-refractivity contribution >= 4 is 5.88 Å². The zero-order chi connectivity index (χ0) is 8.27. The number of anilines is 1. The van der Waals surface area contributed by atoms with E-state index in [2.05, 4.69) is 10.3 Å². The van der Waals surface area contributed by atoms with Gasteiger partial charge in [-0.1, -0.05) is 0 Å². The lowest BCUT2D eigenvalue weighted by atomic mass is 10.5. The molecule has 0 bridgehead atoms. The maximum atomic E-state index is 8.55. The lowest BCUT2D eigenvalue weighted by Gasteiger charge is -1.94. The number of rotatable bonds is 2. The lowest BCUT2D eigenvalue weighted by Crippen LogP contribution is -1.96. The van der Waals surface area contributed by atoms with Crippen LogP contribution >= 0.6 is 0 Å². The third kappa shape index (κ3) is 1.49. The monoisotopic (exact) mass is 151 g/mol. The number of nitriles is 1. The molecule has 0 fully saturated rings.